The number of amides is 1. The summed E-state index contributed by atoms with van der Waals surface area (Å²) in [6.45, 7) is -0.401. The van der Waals surface area contributed by atoms with Crippen LogP contribution in [0.15, 0.2) is 0 Å². The predicted octanol–water partition coefficient (Wildman–Crippen LogP) is -3.86. The van der Waals surface area contributed by atoms with Crippen molar-refractivity contribution in [2.24, 2.45) is 5.73 Å². The molecule has 0 saturated carbocycles. The summed E-state index contributed by atoms with van der Waals surface area (Å²) in [4.78, 5) is 22.8. The van der Waals surface area contributed by atoms with E-state index in [2.05, 4.69) is 0 Å². The van der Waals surface area contributed by atoms with Crippen LogP contribution in [0, 0.1) is 0 Å². The number of nitrogens with two attached hydrogens (primary N) is 1. The Morgan fingerprint density at radius 2 is 2.05 bits per heavy atom. The predicted molar refractivity (Wildman–Crippen MR) is 66.3 cm³/mol. The second-order valence-electron chi connectivity index (χ2n) is 4.80. The minimum absolute atomic E-state index is 0.245. The number of ether oxygens (including phenoxy) is 2. The summed E-state index contributed by atoms with van der Waals surface area (Å²) < 4.78 is 9.94. The summed E-state index contributed by atoms with van der Waals surface area (Å²) in [6.07, 6.45) is -5.24. The zero-order chi connectivity index (χ0) is 16.2. The Balaban J connectivity index is 2.71. The molecule has 7 N–H and O–H groups in total. The molecule has 0 bridgehead atoms. The van der Waals surface area contributed by atoms with Gasteiger partial charge >= 0.3 is 5.97 Å². The Labute approximate surface area is 120 Å². The fourth-order valence-electron chi connectivity index (χ4n) is 1.84. The van der Waals surface area contributed by atoms with E-state index < -0.39 is 55.4 Å². The van der Waals surface area contributed by atoms with Gasteiger partial charge in [-0.3, -0.25) is 10.5 Å². The van der Waals surface area contributed by atoms with Gasteiger partial charge in [0.2, 0.25) is 17.9 Å². The average molecular weight is 308 g/mol. The van der Waals surface area contributed by atoms with Gasteiger partial charge in [0.25, 0.3) is 0 Å². The molecule has 0 unspecified atom stereocenters. The van der Waals surface area contributed by atoms with Gasteiger partial charge in [-0.05, 0) is 0 Å². The van der Waals surface area contributed by atoms with Crippen LogP contribution in [0.2, 0.25) is 0 Å². The second-order valence-corrected chi connectivity index (χ2v) is 4.80. The molecule has 1 aliphatic heterocycles. The SMILES string of the molecule is CC(=O)N[C@](N)(CO)C(=O)O[C@@H]1C[C@@H](O)[C@@H](O)[C@@H](CO)O1. The van der Waals surface area contributed by atoms with Crippen molar-refractivity contribution in [2.45, 2.75) is 43.6 Å². The summed E-state index contributed by atoms with van der Waals surface area (Å²) in [5, 5.41) is 39.3. The molecule has 1 aliphatic rings. The van der Waals surface area contributed by atoms with E-state index in [4.69, 9.17) is 25.4 Å². The largest absolute Gasteiger partial charge is 0.433 e. The Morgan fingerprint density at radius 3 is 2.52 bits per heavy atom. The van der Waals surface area contributed by atoms with Crippen molar-refractivity contribution in [1.29, 1.82) is 0 Å². The van der Waals surface area contributed by atoms with E-state index in [9.17, 15) is 19.8 Å². The second kappa shape index (κ2) is 7.11. The number of hydrogen-bond donors (Lipinski definition) is 6. The molecule has 10 heteroatoms. The van der Waals surface area contributed by atoms with Crippen LogP contribution >= 0.6 is 0 Å². The van der Waals surface area contributed by atoms with E-state index in [-0.39, 0.29) is 6.42 Å². The summed E-state index contributed by atoms with van der Waals surface area (Å²) in [6, 6.07) is 0. The van der Waals surface area contributed by atoms with Crippen molar-refractivity contribution in [1.82, 2.24) is 5.32 Å². The van der Waals surface area contributed by atoms with Crippen molar-refractivity contribution >= 4 is 11.9 Å². The van der Waals surface area contributed by atoms with Gasteiger partial charge in [-0.2, -0.15) is 0 Å². The third-order valence-electron chi connectivity index (χ3n) is 2.97. The lowest BCUT2D eigenvalue weighted by atomic mass is 10.0. The van der Waals surface area contributed by atoms with E-state index in [0.717, 1.165) is 6.92 Å². The van der Waals surface area contributed by atoms with E-state index in [1.54, 1.807) is 0 Å². The van der Waals surface area contributed by atoms with Gasteiger partial charge in [-0.1, -0.05) is 0 Å². The average Bonchev–Trinajstić information content (AvgIpc) is 2.41. The highest BCUT2D eigenvalue weighted by Gasteiger charge is 2.42. The van der Waals surface area contributed by atoms with Crippen LogP contribution in [0.5, 0.6) is 0 Å². The van der Waals surface area contributed by atoms with Crippen molar-refractivity contribution < 1.29 is 39.5 Å². The molecule has 0 radical (unpaired) electrons. The van der Waals surface area contributed by atoms with Crippen LogP contribution in [-0.4, -0.2) is 75.8 Å². The lowest BCUT2D eigenvalue weighted by Crippen LogP contribution is -2.65. The van der Waals surface area contributed by atoms with Gasteiger partial charge < -0.3 is 35.2 Å². The van der Waals surface area contributed by atoms with Gasteiger partial charge in [0.15, 0.2) is 0 Å². The molecular weight excluding hydrogens is 288 g/mol. The first-order valence-corrected chi connectivity index (χ1v) is 6.25. The zero-order valence-corrected chi connectivity index (χ0v) is 11.4. The molecule has 0 spiro atoms. The smallest absolute Gasteiger partial charge is 0.351 e. The normalized spacial score (nSPS) is 32.1. The molecule has 1 rings (SSSR count). The van der Waals surface area contributed by atoms with Crippen LogP contribution < -0.4 is 11.1 Å². The van der Waals surface area contributed by atoms with Gasteiger partial charge in [-0.25, -0.2) is 4.79 Å². The Morgan fingerprint density at radius 1 is 1.43 bits per heavy atom. The first kappa shape index (κ1) is 17.8. The summed E-state index contributed by atoms with van der Waals surface area (Å²) in [7, 11) is 0. The quantitative estimate of drug-likeness (QED) is 0.219. The third kappa shape index (κ3) is 4.33. The van der Waals surface area contributed by atoms with Gasteiger partial charge in [0.05, 0.1) is 19.3 Å². The highest BCUT2D eigenvalue weighted by Crippen LogP contribution is 2.22. The van der Waals surface area contributed by atoms with E-state index in [1.807, 2.05) is 5.32 Å². The van der Waals surface area contributed by atoms with E-state index >= 15 is 0 Å². The Bertz CT molecular complexity index is 392. The number of aliphatic hydroxyl groups is 4. The molecule has 0 aliphatic carbocycles. The molecule has 5 atom stereocenters. The zero-order valence-electron chi connectivity index (χ0n) is 11.4. The minimum atomic E-state index is -2.15. The molecule has 1 amide bonds. The molecule has 0 aromatic carbocycles. The van der Waals surface area contributed by atoms with Crippen LogP contribution in [0.25, 0.3) is 0 Å². The highest BCUT2D eigenvalue weighted by atomic mass is 16.7. The number of rotatable bonds is 5. The van der Waals surface area contributed by atoms with Gasteiger partial charge in [-0.15, -0.1) is 0 Å². The fourth-order valence-corrected chi connectivity index (χ4v) is 1.84. The maximum atomic E-state index is 11.9. The maximum Gasteiger partial charge on any atom is 0.351 e. The van der Waals surface area contributed by atoms with Crippen LogP contribution in [0.3, 0.4) is 0 Å². The number of carbonyl (C=O) groups is 2. The number of hydrogen-bond acceptors (Lipinski definition) is 9. The van der Waals surface area contributed by atoms with Crippen LogP contribution in [-0.2, 0) is 19.1 Å². The number of esters is 1. The first-order chi connectivity index (χ1) is 9.73. The summed E-state index contributed by atoms with van der Waals surface area (Å²) >= 11 is 0. The van der Waals surface area contributed by atoms with Crippen molar-refractivity contribution in [3.63, 3.8) is 0 Å². The molecule has 0 aromatic rings. The fraction of sp³-hybridized carbons (Fsp3) is 0.818. The number of nitrogens with one attached hydrogen (secondary N) is 1. The monoisotopic (exact) mass is 308 g/mol. The molecule has 1 saturated heterocycles. The molecule has 122 valence electrons. The van der Waals surface area contributed by atoms with Crippen LogP contribution in [0.4, 0.5) is 0 Å². The van der Waals surface area contributed by atoms with Crippen molar-refractivity contribution in [2.75, 3.05) is 13.2 Å². The summed E-state index contributed by atoms with van der Waals surface area (Å²) in [5.41, 5.74) is 3.37. The lowest BCUT2D eigenvalue weighted by Gasteiger charge is -2.37. The minimum Gasteiger partial charge on any atom is -0.433 e. The molecule has 1 heterocycles. The Hall–Kier alpha value is -1.30. The number of carbonyl (C=O) groups excluding carboxylic acids is 2. The molecule has 10 nitrogen and oxygen atoms in total. The lowest BCUT2D eigenvalue weighted by molar-refractivity contribution is -0.254. The first-order valence-electron chi connectivity index (χ1n) is 6.25. The van der Waals surface area contributed by atoms with E-state index in [0.29, 0.717) is 0 Å². The molecule has 21 heavy (non-hydrogen) atoms. The van der Waals surface area contributed by atoms with Crippen molar-refractivity contribution in [3.8, 4) is 0 Å². The number of aliphatic hydroxyl groups excluding tert-OH is 4. The molecule has 1 fully saturated rings. The standard InChI is InChI=1S/C11H20N2O8/c1-5(16)13-11(12,4-15)10(19)21-8-2-6(17)9(18)7(3-14)20-8/h6-9,14-15,17-18H,2-4,12H2,1H3,(H,13,16)/t6-,7-,8-,9-,11-/m1/s1. The maximum absolute atomic E-state index is 11.9. The van der Waals surface area contributed by atoms with Crippen LogP contribution in [0.1, 0.15) is 13.3 Å². The Kier molecular flexibility index (Phi) is 6.01. The van der Waals surface area contributed by atoms with Gasteiger partial charge in [0.1, 0.15) is 12.2 Å². The molecular formula is C11H20N2O8. The van der Waals surface area contributed by atoms with E-state index in [1.165, 1.54) is 0 Å². The topological polar surface area (TPSA) is 172 Å². The van der Waals surface area contributed by atoms with Crippen molar-refractivity contribution in [3.05, 3.63) is 0 Å². The molecule has 0 aromatic heterocycles. The highest BCUT2D eigenvalue weighted by molar-refractivity contribution is 5.86. The third-order valence-corrected chi connectivity index (χ3v) is 2.97. The summed E-state index contributed by atoms with van der Waals surface area (Å²) in [5.74, 6) is -1.83. The van der Waals surface area contributed by atoms with Gasteiger partial charge in [0, 0.05) is 13.3 Å².